The number of hydrogen-bond acceptors (Lipinski definition) is 3. The lowest BCUT2D eigenvalue weighted by molar-refractivity contribution is 0.376. The molecule has 0 spiro atoms. The number of rotatable bonds is 1. The summed E-state index contributed by atoms with van der Waals surface area (Å²) in [6.07, 6.45) is 4.45. The predicted molar refractivity (Wildman–Crippen MR) is 70.7 cm³/mol. The lowest BCUT2D eigenvalue weighted by atomic mass is 9.93. The Bertz CT molecular complexity index is 421. The van der Waals surface area contributed by atoms with Crippen LogP contribution in [0.1, 0.15) is 18.4 Å². The van der Waals surface area contributed by atoms with Gasteiger partial charge in [-0.1, -0.05) is 11.6 Å². The molecule has 2 unspecified atom stereocenters. The van der Waals surface area contributed by atoms with E-state index in [0.717, 1.165) is 30.6 Å². The van der Waals surface area contributed by atoms with Crippen molar-refractivity contribution in [1.29, 1.82) is 0 Å². The van der Waals surface area contributed by atoms with Gasteiger partial charge in [-0.3, -0.25) is 0 Å². The highest BCUT2D eigenvalue weighted by Crippen LogP contribution is 2.29. The molecule has 0 bridgehead atoms. The van der Waals surface area contributed by atoms with E-state index in [9.17, 15) is 0 Å². The van der Waals surface area contributed by atoms with Crippen molar-refractivity contribution in [3.8, 4) is 0 Å². The number of aromatic nitrogens is 1. The molecule has 2 saturated heterocycles. The predicted octanol–water partition coefficient (Wildman–Crippen LogP) is 2.23. The Morgan fingerprint density at radius 2 is 2.35 bits per heavy atom. The molecule has 2 aliphatic rings. The van der Waals surface area contributed by atoms with E-state index in [1.807, 2.05) is 13.1 Å². The summed E-state index contributed by atoms with van der Waals surface area (Å²) in [5.74, 6) is 0.805. The van der Waals surface area contributed by atoms with Gasteiger partial charge in [0.2, 0.25) is 0 Å². The zero-order valence-corrected chi connectivity index (χ0v) is 10.9. The molecule has 4 heteroatoms. The van der Waals surface area contributed by atoms with E-state index in [0.29, 0.717) is 5.15 Å². The molecule has 2 atom stereocenters. The van der Waals surface area contributed by atoms with Gasteiger partial charge in [-0.15, -0.1) is 0 Å². The minimum atomic E-state index is 0.617. The molecule has 1 aromatic rings. The molecule has 0 aliphatic carbocycles. The highest BCUT2D eigenvalue weighted by Gasteiger charge is 2.32. The molecule has 3 heterocycles. The fourth-order valence-corrected chi connectivity index (χ4v) is 3.10. The highest BCUT2D eigenvalue weighted by molar-refractivity contribution is 6.30. The topological polar surface area (TPSA) is 28.2 Å². The second-order valence-electron chi connectivity index (χ2n) is 5.15. The van der Waals surface area contributed by atoms with Gasteiger partial charge >= 0.3 is 0 Å². The first-order valence-electron chi connectivity index (χ1n) is 6.34. The summed E-state index contributed by atoms with van der Waals surface area (Å²) in [6, 6.07) is 2.89. The normalized spacial score (nSPS) is 28.2. The third kappa shape index (κ3) is 2.14. The van der Waals surface area contributed by atoms with Crippen LogP contribution in [0.25, 0.3) is 0 Å². The summed E-state index contributed by atoms with van der Waals surface area (Å²) in [6.45, 7) is 5.47. The van der Waals surface area contributed by atoms with Gasteiger partial charge in [-0.2, -0.15) is 0 Å². The molecular weight excluding hydrogens is 234 g/mol. The summed E-state index contributed by atoms with van der Waals surface area (Å²) < 4.78 is 0. The van der Waals surface area contributed by atoms with Gasteiger partial charge in [-0.05, 0) is 43.9 Å². The van der Waals surface area contributed by atoms with E-state index in [1.165, 1.54) is 25.1 Å². The largest absolute Gasteiger partial charge is 0.370 e. The second kappa shape index (κ2) is 4.46. The van der Waals surface area contributed by atoms with Crippen LogP contribution in [0.3, 0.4) is 0 Å². The maximum Gasteiger partial charge on any atom is 0.132 e. The van der Waals surface area contributed by atoms with Crippen LogP contribution in [0, 0.1) is 12.8 Å². The molecule has 0 saturated carbocycles. The standard InChI is InChI=1S/C13H18ClN3/c1-9-6-11(7-16-13(9)14)17-5-3-12-10(8-17)2-4-15-12/h6-7,10,12,15H,2-5,8H2,1H3. The number of anilines is 1. The van der Waals surface area contributed by atoms with Crippen LogP contribution in [0.15, 0.2) is 12.3 Å². The van der Waals surface area contributed by atoms with Gasteiger partial charge in [-0.25, -0.2) is 4.98 Å². The smallest absolute Gasteiger partial charge is 0.132 e. The molecule has 0 radical (unpaired) electrons. The zero-order chi connectivity index (χ0) is 11.8. The van der Waals surface area contributed by atoms with Crippen LogP contribution < -0.4 is 10.2 Å². The molecule has 0 amide bonds. The maximum atomic E-state index is 5.97. The SMILES string of the molecule is Cc1cc(N2CCC3NCCC3C2)cnc1Cl. The molecular formula is C13H18ClN3. The second-order valence-corrected chi connectivity index (χ2v) is 5.50. The number of nitrogens with zero attached hydrogens (tertiary/aromatic N) is 2. The summed E-state index contributed by atoms with van der Waals surface area (Å²) in [5, 5.41) is 4.20. The van der Waals surface area contributed by atoms with Crippen molar-refractivity contribution in [1.82, 2.24) is 10.3 Å². The zero-order valence-electron chi connectivity index (χ0n) is 10.1. The lowest BCUT2D eigenvalue weighted by Gasteiger charge is -2.36. The van der Waals surface area contributed by atoms with Crippen LogP contribution in [0.5, 0.6) is 0 Å². The average Bonchev–Trinajstić information content (AvgIpc) is 2.79. The van der Waals surface area contributed by atoms with E-state index < -0.39 is 0 Å². The van der Waals surface area contributed by atoms with Crippen LogP contribution in [0.4, 0.5) is 5.69 Å². The van der Waals surface area contributed by atoms with E-state index in [4.69, 9.17) is 11.6 Å². The van der Waals surface area contributed by atoms with Gasteiger partial charge in [0, 0.05) is 19.1 Å². The van der Waals surface area contributed by atoms with E-state index in [-0.39, 0.29) is 0 Å². The number of piperidine rings is 1. The molecule has 3 nitrogen and oxygen atoms in total. The van der Waals surface area contributed by atoms with Gasteiger partial charge in [0.05, 0.1) is 11.9 Å². The molecule has 92 valence electrons. The molecule has 1 N–H and O–H groups in total. The first-order chi connectivity index (χ1) is 8.24. The third-order valence-electron chi connectivity index (χ3n) is 4.02. The number of halogens is 1. The van der Waals surface area contributed by atoms with Crippen molar-refractivity contribution in [2.24, 2.45) is 5.92 Å². The Labute approximate surface area is 107 Å². The Kier molecular flexibility index (Phi) is 2.97. The number of hydrogen-bond donors (Lipinski definition) is 1. The molecule has 3 rings (SSSR count). The fourth-order valence-electron chi connectivity index (χ4n) is 3.00. The third-order valence-corrected chi connectivity index (χ3v) is 4.42. The maximum absolute atomic E-state index is 5.97. The molecule has 1 aromatic heterocycles. The van der Waals surface area contributed by atoms with Crippen molar-refractivity contribution in [3.05, 3.63) is 23.0 Å². The first-order valence-corrected chi connectivity index (χ1v) is 6.72. The van der Waals surface area contributed by atoms with E-state index in [2.05, 4.69) is 21.3 Å². The molecule has 0 aromatic carbocycles. The van der Waals surface area contributed by atoms with Gasteiger partial charge in [0.1, 0.15) is 5.15 Å². The quantitative estimate of drug-likeness (QED) is 0.776. The molecule has 17 heavy (non-hydrogen) atoms. The number of pyridine rings is 1. The monoisotopic (exact) mass is 251 g/mol. The van der Waals surface area contributed by atoms with Gasteiger partial charge in [0.15, 0.2) is 0 Å². The van der Waals surface area contributed by atoms with Crippen molar-refractivity contribution in [2.75, 3.05) is 24.5 Å². The fraction of sp³-hybridized carbons (Fsp3) is 0.615. The van der Waals surface area contributed by atoms with Crippen molar-refractivity contribution in [3.63, 3.8) is 0 Å². The molecule has 2 fully saturated rings. The summed E-state index contributed by atoms with van der Waals surface area (Å²) in [5.41, 5.74) is 2.29. The Morgan fingerprint density at radius 3 is 3.18 bits per heavy atom. The van der Waals surface area contributed by atoms with Crippen LogP contribution in [0.2, 0.25) is 5.15 Å². The Morgan fingerprint density at radius 1 is 1.47 bits per heavy atom. The van der Waals surface area contributed by atoms with E-state index >= 15 is 0 Å². The van der Waals surface area contributed by atoms with Gasteiger partial charge in [0.25, 0.3) is 0 Å². The number of aryl methyl sites for hydroxylation is 1. The summed E-state index contributed by atoms with van der Waals surface area (Å²) >= 11 is 5.97. The Hall–Kier alpha value is -0.800. The highest BCUT2D eigenvalue weighted by atomic mass is 35.5. The minimum absolute atomic E-state index is 0.617. The average molecular weight is 252 g/mol. The van der Waals surface area contributed by atoms with Crippen LogP contribution in [-0.4, -0.2) is 30.7 Å². The van der Waals surface area contributed by atoms with Crippen molar-refractivity contribution < 1.29 is 0 Å². The van der Waals surface area contributed by atoms with Crippen molar-refractivity contribution in [2.45, 2.75) is 25.8 Å². The summed E-state index contributed by atoms with van der Waals surface area (Å²) in [7, 11) is 0. The van der Waals surface area contributed by atoms with Crippen molar-refractivity contribution >= 4 is 17.3 Å². The number of nitrogens with one attached hydrogen (secondary N) is 1. The lowest BCUT2D eigenvalue weighted by Crippen LogP contribution is -2.44. The molecule has 2 aliphatic heterocycles. The Balaban J connectivity index is 1.78. The van der Waals surface area contributed by atoms with Gasteiger partial charge < -0.3 is 10.2 Å². The minimum Gasteiger partial charge on any atom is -0.370 e. The first kappa shape index (κ1) is 11.3. The van der Waals surface area contributed by atoms with Crippen LogP contribution >= 0.6 is 11.6 Å². The van der Waals surface area contributed by atoms with E-state index in [1.54, 1.807) is 0 Å². The number of fused-ring (bicyclic) bond motifs is 1. The summed E-state index contributed by atoms with van der Waals surface area (Å²) in [4.78, 5) is 6.70. The van der Waals surface area contributed by atoms with Crippen LogP contribution in [-0.2, 0) is 0 Å².